The Kier molecular flexibility index (Phi) is 2.25. The lowest BCUT2D eigenvalue weighted by Gasteiger charge is -1.99. The van der Waals surface area contributed by atoms with Crippen LogP contribution < -0.4 is 4.18 Å². The Balaban J connectivity index is 2.98. The summed E-state index contributed by atoms with van der Waals surface area (Å²) >= 11 is 0. The van der Waals surface area contributed by atoms with Crippen molar-refractivity contribution in [2.45, 2.75) is 0 Å². The second kappa shape index (κ2) is 3.03. The van der Waals surface area contributed by atoms with E-state index in [1.165, 1.54) is 6.07 Å². The van der Waals surface area contributed by atoms with E-state index in [-0.39, 0.29) is 0 Å². The predicted octanol–water partition coefficient (Wildman–Crippen LogP) is 0.402. The molecule has 5 nitrogen and oxygen atoms in total. The van der Waals surface area contributed by atoms with Crippen LogP contribution in [-0.4, -0.2) is 18.0 Å². The normalized spacial score (nSPS) is 11.2. The quantitative estimate of drug-likeness (QED) is 0.688. The van der Waals surface area contributed by atoms with Crippen LogP contribution in [0.5, 0.6) is 5.88 Å². The van der Waals surface area contributed by atoms with Gasteiger partial charge in [0, 0.05) is 6.20 Å². The minimum Gasteiger partial charge on any atom is -0.338 e. The smallest absolute Gasteiger partial charge is 0.338 e. The number of pyridine rings is 1. The van der Waals surface area contributed by atoms with Crippen LogP contribution in [0.3, 0.4) is 0 Å². The van der Waals surface area contributed by atoms with Gasteiger partial charge >= 0.3 is 10.4 Å². The van der Waals surface area contributed by atoms with Gasteiger partial charge in [-0.2, -0.15) is 8.42 Å². The number of aromatic nitrogens is 1. The highest BCUT2D eigenvalue weighted by Crippen LogP contribution is 2.12. The average Bonchev–Trinajstić information content (AvgIpc) is 1.91. The van der Waals surface area contributed by atoms with Crippen molar-refractivity contribution in [2.75, 3.05) is 0 Å². The molecule has 0 saturated carbocycles. The molecule has 1 rings (SSSR count). The van der Waals surface area contributed by atoms with Crippen molar-refractivity contribution in [3.63, 3.8) is 0 Å². The highest BCUT2D eigenvalue weighted by molar-refractivity contribution is 7.81. The summed E-state index contributed by atoms with van der Waals surface area (Å²) in [5.74, 6) is -1.74. The average molecular weight is 193 g/mol. The van der Waals surface area contributed by atoms with E-state index in [4.69, 9.17) is 4.55 Å². The van der Waals surface area contributed by atoms with Crippen LogP contribution in [0, 0.1) is 5.82 Å². The second-order valence-corrected chi connectivity index (χ2v) is 2.82. The molecular formula is C5H4FNO4S. The SMILES string of the molecule is O=S(=O)(O)Oc1ncccc1F. The molecule has 1 aromatic rings. The van der Waals surface area contributed by atoms with Gasteiger partial charge in [-0.15, -0.1) is 0 Å². The molecule has 0 unspecified atom stereocenters. The summed E-state index contributed by atoms with van der Waals surface area (Å²) in [6.45, 7) is 0. The van der Waals surface area contributed by atoms with E-state index < -0.39 is 22.1 Å². The van der Waals surface area contributed by atoms with Crippen LogP contribution in [0.4, 0.5) is 4.39 Å². The van der Waals surface area contributed by atoms with Crippen molar-refractivity contribution >= 4 is 10.4 Å². The van der Waals surface area contributed by atoms with Gasteiger partial charge < -0.3 is 4.18 Å². The molecule has 7 heteroatoms. The lowest BCUT2D eigenvalue weighted by molar-refractivity contribution is 0.369. The molecule has 1 N–H and O–H groups in total. The van der Waals surface area contributed by atoms with E-state index >= 15 is 0 Å². The van der Waals surface area contributed by atoms with E-state index in [0.29, 0.717) is 0 Å². The molecule has 0 radical (unpaired) electrons. The number of halogens is 1. The molecule has 0 aliphatic rings. The van der Waals surface area contributed by atoms with Crippen LogP contribution in [-0.2, 0) is 10.4 Å². The van der Waals surface area contributed by atoms with Gasteiger partial charge in [0.25, 0.3) is 5.88 Å². The molecule has 12 heavy (non-hydrogen) atoms. The van der Waals surface area contributed by atoms with Gasteiger partial charge in [0.2, 0.25) is 0 Å². The zero-order chi connectivity index (χ0) is 9.19. The van der Waals surface area contributed by atoms with Gasteiger partial charge in [-0.25, -0.2) is 9.37 Å². The van der Waals surface area contributed by atoms with Crippen LogP contribution >= 0.6 is 0 Å². The van der Waals surface area contributed by atoms with Gasteiger partial charge in [-0.3, -0.25) is 4.55 Å². The zero-order valence-electron chi connectivity index (χ0n) is 5.64. The molecule has 1 heterocycles. The van der Waals surface area contributed by atoms with E-state index in [1.54, 1.807) is 0 Å². The largest absolute Gasteiger partial charge is 0.448 e. The number of rotatable bonds is 2. The molecule has 0 spiro atoms. The van der Waals surface area contributed by atoms with Crippen molar-refractivity contribution in [1.29, 1.82) is 0 Å². The standard InChI is InChI=1S/C5H4FNO4S/c6-4-2-1-3-7-5(4)11-12(8,9)10/h1-3H,(H,8,9,10). The van der Waals surface area contributed by atoms with Gasteiger partial charge in [0.1, 0.15) is 0 Å². The molecule has 0 bridgehead atoms. The highest BCUT2D eigenvalue weighted by atomic mass is 32.3. The topological polar surface area (TPSA) is 76.5 Å². The molecular weight excluding hydrogens is 189 g/mol. The summed E-state index contributed by atoms with van der Waals surface area (Å²) < 4.78 is 44.6. The fourth-order valence-corrected chi connectivity index (χ4v) is 0.854. The number of hydrogen-bond acceptors (Lipinski definition) is 4. The van der Waals surface area contributed by atoms with Crippen LogP contribution in [0.25, 0.3) is 0 Å². The van der Waals surface area contributed by atoms with Gasteiger partial charge in [0.15, 0.2) is 5.82 Å². The summed E-state index contributed by atoms with van der Waals surface area (Å²) in [6, 6.07) is 2.21. The number of nitrogens with zero attached hydrogens (tertiary/aromatic N) is 1. The predicted molar refractivity (Wildman–Crippen MR) is 36.4 cm³/mol. The first-order chi connectivity index (χ1) is 5.49. The van der Waals surface area contributed by atoms with Gasteiger partial charge in [-0.05, 0) is 12.1 Å². The van der Waals surface area contributed by atoms with Crippen molar-refractivity contribution in [2.24, 2.45) is 0 Å². The molecule has 0 aliphatic heterocycles. The maximum Gasteiger partial charge on any atom is 0.448 e. The minimum atomic E-state index is -4.70. The molecule has 1 aromatic heterocycles. The van der Waals surface area contributed by atoms with Crippen molar-refractivity contribution in [3.8, 4) is 5.88 Å². The fourth-order valence-electron chi connectivity index (χ4n) is 0.532. The number of hydrogen-bond donors (Lipinski definition) is 1. The van der Waals surface area contributed by atoms with Crippen LogP contribution in [0.2, 0.25) is 0 Å². The molecule has 0 aromatic carbocycles. The van der Waals surface area contributed by atoms with E-state index in [0.717, 1.165) is 12.3 Å². The molecule has 0 atom stereocenters. The lowest BCUT2D eigenvalue weighted by Crippen LogP contribution is -2.08. The third-order valence-corrected chi connectivity index (χ3v) is 1.28. The molecule has 0 aliphatic carbocycles. The molecule has 0 saturated heterocycles. The van der Waals surface area contributed by atoms with E-state index in [9.17, 15) is 12.8 Å². The first-order valence-corrected chi connectivity index (χ1v) is 4.13. The summed E-state index contributed by atoms with van der Waals surface area (Å²) in [7, 11) is -4.70. The maximum atomic E-state index is 12.6. The Morgan fingerprint density at radius 1 is 1.58 bits per heavy atom. The fraction of sp³-hybridized carbons (Fsp3) is 0. The van der Waals surface area contributed by atoms with E-state index in [1.807, 2.05) is 0 Å². The summed E-state index contributed by atoms with van der Waals surface area (Å²) in [4.78, 5) is 3.23. The third kappa shape index (κ3) is 2.44. The summed E-state index contributed by atoms with van der Waals surface area (Å²) in [5, 5.41) is 0. The van der Waals surface area contributed by atoms with Crippen molar-refractivity contribution < 1.29 is 21.5 Å². The van der Waals surface area contributed by atoms with Crippen LogP contribution in [0.15, 0.2) is 18.3 Å². The first-order valence-electron chi connectivity index (χ1n) is 2.76. The maximum absolute atomic E-state index is 12.6. The van der Waals surface area contributed by atoms with Crippen molar-refractivity contribution in [3.05, 3.63) is 24.1 Å². The first kappa shape index (κ1) is 8.88. The van der Waals surface area contributed by atoms with Crippen LogP contribution in [0.1, 0.15) is 0 Å². The lowest BCUT2D eigenvalue weighted by atomic mass is 10.5. The molecule has 0 fully saturated rings. The van der Waals surface area contributed by atoms with Gasteiger partial charge in [0.05, 0.1) is 0 Å². The Labute approximate surface area is 67.8 Å². The van der Waals surface area contributed by atoms with Crippen molar-refractivity contribution in [1.82, 2.24) is 4.98 Å². The Hall–Kier alpha value is -1.21. The van der Waals surface area contributed by atoms with E-state index in [2.05, 4.69) is 9.17 Å². The summed E-state index contributed by atoms with van der Waals surface area (Å²) in [5.41, 5.74) is 0. The Morgan fingerprint density at radius 3 is 2.75 bits per heavy atom. The Bertz CT molecular complexity index is 377. The molecule has 0 amide bonds. The monoisotopic (exact) mass is 193 g/mol. The zero-order valence-corrected chi connectivity index (χ0v) is 6.45. The summed E-state index contributed by atoms with van der Waals surface area (Å²) in [6.07, 6.45) is 1.13. The highest BCUT2D eigenvalue weighted by Gasteiger charge is 2.11. The Morgan fingerprint density at radius 2 is 2.25 bits per heavy atom. The third-order valence-electron chi connectivity index (χ3n) is 0.909. The minimum absolute atomic E-state index is 0.778. The van der Waals surface area contributed by atoms with Gasteiger partial charge in [-0.1, -0.05) is 0 Å². The second-order valence-electron chi connectivity index (χ2n) is 1.80. The molecule has 66 valence electrons.